The van der Waals surface area contributed by atoms with Crippen molar-refractivity contribution in [2.75, 3.05) is 6.61 Å². The summed E-state index contributed by atoms with van der Waals surface area (Å²) in [5.74, 6) is -0.754. The number of aliphatic carboxylic acids is 1. The van der Waals surface area contributed by atoms with Crippen LogP contribution >= 0.6 is 0 Å². The Balaban J connectivity index is 2.37. The van der Waals surface area contributed by atoms with Gasteiger partial charge in [-0.25, -0.2) is 9.68 Å². The van der Waals surface area contributed by atoms with E-state index in [0.29, 0.717) is 18.4 Å². The number of carbonyl (C=O) groups is 1. The average molecular weight is 282 g/mol. The zero-order valence-corrected chi connectivity index (χ0v) is 11.9. The molecule has 2 rings (SSSR count). The van der Waals surface area contributed by atoms with Crippen LogP contribution in [0.4, 0.5) is 0 Å². The molecule has 0 saturated heterocycles. The Morgan fingerprint density at radius 3 is 2.85 bits per heavy atom. The van der Waals surface area contributed by atoms with Gasteiger partial charge in [0.15, 0.2) is 0 Å². The summed E-state index contributed by atoms with van der Waals surface area (Å²) in [6, 6.07) is 0. The van der Waals surface area contributed by atoms with Crippen molar-refractivity contribution in [1.82, 2.24) is 0 Å². The van der Waals surface area contributed by atoms with Crippen LogP contribution < -0.4 is 0 Å². The Morgan fingerprint density at radius 2 is 2.30 bits per heavy atom. The zero-order valence-electron chi connectivity index (χ0n) is 11.9. The van der Waals surface area contributed by atoms with Gasteiger partial charge in [0.2, 0.25) is 0 Å². The Bertz CT molecular complexity index is 453. The number of hydrogen-bond acceptors (Lipinski definition) is 4. The van der Waals surface area contributed by atoms with Gasteiger partial charge in [0.25, 0.3) is 0 Å². The molecule has 112 valence electrons. The van der Waals surface area contributed by atoms with Crippen molar-refractivity contribution in [2.24, 2.45) is 17.8 Å². The van der Waals surface area contributed by atoms with Crippen LogP contribution in [-0.2, 0) is 9.68 Å². The van der Waals surface area contributed by atoms with Gasteiger partial charge in [0.1, 0.15) is 5.60 Å². The monoisotopic (exact) mass is 282 g/mol. The summed E-state index contributed by atoms with van der Waals surface area (Å²) >= 11 is 0. The molecule has 0 radical (unpaired) electrons. The van der Waals surface area contributed by atoms with Gasteiger partial charge in [-0.2, -0.15) is 0 Å². The van der Waals surface area contributed by atoms with Crippen molar-refractivity contribution in [1.29, 1.82) is 0 Å². The lowest BCUT2D eigenvalue weighted by atomic mass is 9.63. The van der Waals surface area contributed by atoms with E-state index in [2.05, 4.69) is 0 Å². The first-order valence-electron chi connectivity index (χ1n) is 7.01. The molecular weight excluding hydrogens is 260 g/mol. The number of allylic oxidation sites excluding steroid dienone is 2. The second kappa shape index (κ2) is 5.68. The van der Waals surface area contributed by atoms with Gasteiger partial charge in [0.05, 0.1) is 0 Å². The largest absolute Gasteiger partial charge is 0.478 e. The molecule has 1 fully saturated rings. The summed E-state index contributed by atoms with van der Waals surface area (Å²) < 4.78 is 0. The van der Waals surface area contributed by atoms with Crippen molar-refractivity contribution in [2.45, 2.75) is 38.7 Å². The first kappa shape index (κ1) is 15.2. The molecule has 3 N–H and O–H groups in total. The van der Waals surface area contributed by atoms with Gasteiger partial charge in [-0.15, -0.1) is 0 Å². The summed E-state index contributed by atoms with van der Waals surface area (Å²) in [5, 5.41) is 27.8. The van der Waals surface area contributed by atoms with E-state index in [-0.39, 0.29) is 24.4 Å². The molecular formula is C15H22O5. The number of rotatable bonds is 4. The fourth-order valence-corrected chi connectivity index (χ4v) is 3.45. The number of fused-ring (bicyclic) bond motifs is 1. The maximum absolute atomic E-state index is 11.2. The first-order chi connectivity index (χ1) is 9.42. The van der Waals surface area contributed by atoms with Gasteiger partial charge < -0.3 is 10.2 Å². The molecule has 0 spiro atoms. The fourth-order valence-electron chi connectivity index (χ4n) is 3.45. The Morgan fingerprint density at radius 1 is 1.60 bits per heavy atom. The van der Waals surface area contributed by atoms with Gasteiger partial charge >= 0.3 is 5.97 Å². The first-order valence-corrected chi connectivity index (χ1v) is 7.01. The highest BCUT2D eigenvalue weighted by molar-refractivity contribution is 5.87. The molecule has 0 aromatic rings. The highest BCUT2D eigenvalue weighted by atomic mass is 17.1. The van der Waals surface area contributed by atoms with E-state index >= 15 is 0 Å². The van der Waals surface area contributed by atoms with Crippen LogP contribution in [-0.4, -0.2) is 33.6 Å². The van der Waals surface area contributed by atoms with Crippen molar-refractivity contribution in [3.05, 3.63) is 23.3 Å². The van der Waals surface area contributed by atoms with Crippen LogP contribution in [0.25, 0.3) is 0 Å². The van der Waals surface area contributed by atoms with Crippen LogP contribution in [0.15, 0.2) is 23.3 Å². The minimum absolute atomic E-state index is 0.0708. The van der Waals surface area contributed by atoms with Crippen molar-refractivity contribution >= 4 is 5.97 Å². The van der Waals surface area contributed by atoms with E-state index in [9.17, 15) is 20.3 Å². The number of aliphatic hydroxyl groups is 1. The maximum Gasteiger partial charge on any atom is 0.331 e. The summed E-state index contributed by atoms with van der Waals surface area (Å²) in [7, 11) is 0. The van der Waals surface area contributed by atoms with Crippen molar-refractivity contribution < 1.29 is 25.2 Å². The maximum atomic E-state index is 11.2. The molecule has 20 heavy (non-hydrogen) atoms. The highest BCUT2D eigenvalue weighted by Gasteiger charge is 2.45. The molecule has 0 aromatic carbocycles. The second-order valence-corrected chi connectivity index (χ2v) is 6.07. The smallest absolute Gasteiger partial charge is 0.331 e. The van der Waals surface area contributed by atoms with E-state index < -0.39 is 11.6 Å². The quantitative estimate of drug-likeness (QED) is 0.418. The molecule has 2 aliphatic rings. The topological polar surface area (TPSA) is 87.0 Å². The summed E-state index contributed by atoms with van der Waals surface area (Å²) in [6.07, 6.45) is 5.42. The third-order valence-electron chi connectivity index (χ3n) is 4.80. The lowest BCUT2D eigenvalue weighted by molar-refractivity contribution is -0.313. The SMILES string of the molecule is C[C@H](CO)[C@@H]1CC[C@@](C)(OO)C2=CCC(C(=O)O)=C[C@@H]21. The van der Waals surface area contributed by atoms with Gasteiger partial charge in [-0.05, 0) is 43.6 Å². The zero-order chi connectivity index (χ0) is 14.9. The Labute approximate surface area is 118 Å². The van der Waals surface area contributed by atoms with Gasteiger partial charge in [-0.3, -0.25) is 5.26 Å². The molecule has 0 unspecified atom stereocenters. The van der Waals surface area contributed by atoms with Gasteiger partial charge in [0, 0.05) is 18.1 Å². The van der Waals surface area contributed by atoms with E-state index in [0.717, 1.165) is 12.0 Å². The van der Waals surface area contributed by atoms with Crippen molar-refractivity contribution in [3.8, 4) is 0 Å². The van der Waals surface area contributed by atoms with Crippen LogP contribution in [0, 0.1) is 17.8 Å². The molecule has 0 amide bonds. The van der Waals surface area contributed by atoms with Crippen LogP contribution in [0.2, 0.25) is 0 Å². The average Bonchev–Trinajstić information content (AvgIpc) is 2.46. The summed E-state index contributed by atoms with van der Waals surface area (Å²) in [5.41, 5.74) is 0.550. The van der Waals surface area contributed by atoms with E-state index in [1.807, 2.05) is 19.9 Å². The predicted molar refractivity (Wildman–Crippen MR) is 73.0 cm³/mol. The number of aliphatic hydroxyl groups excluding tert-OH is 1. The molecule has 0 bridgehead atoms. The van der Waals surface area contributed by atoms with Crippen LogP contribution in [0.5, 0.6) is 0 Å². The highest BCUT2D eigenvalue weighted by Crippen LogP contribution is 2.48. The molecule has 1 saturated carbocycles. The fraction of sp³-hybridized carbons (Fsp3) is 0.667. The number of hydrogen-bond donors (Lipinski definition) is 3. The molecule has 0 heterocycles. The normalized spacial score (nSPS) is 34.8. The summed E-state index contributed by atoms with van der Waals surface area (Å²) in [4.78, 5) is 15.9. The third kappa shape index (κ3) is 2.53. The van der Waals surface area contributed by atoms with Crippen LogP contribution in [0.1, 0.15) is 33.1 Å². The van der Waals surface area contributed by atoms with Crippen molar-refractivity contribution in [3.63, 3.8) is 0 Å². The second-order valence-electron chi connectivity index (χ2n) is 6.07. The van der Waals surface area contributed by atoms with E-state index in [4.69, 9.17) is 4.89 Å². The van der Waals surface area contributed by atoms with Gasteiger partial charge in [-0.1, -0.05) is 19.1 Å². The predicted octanol–water partition coefficient (Wildman–Crippen LogP) is 2.23. The van der Waals surface area contributed by atoms with Crippen LogP contribution in [0.3, 0.4) is 0 Å². The standard InChI is InChI=1S/C15H22O5/c1-9(8-16)11-5-6-15(2,20-19)13-4-3-10(14(17)18)7-12(11)13/h4,7,9,11-12,16,19H,3,5-6,8H2,1-2H3,(H,17,18)/t9-,11+,12-,15-/m1/s1. The molecule has 5 heteroatoms. The minimum Gasteiger partial charge on any atom is -0.478 e. The van der Waals surface area contributed by atoms with E-state index in [1.165, 1.54) is 0 Å². The Kier molecular flexibility index (Phi) is 4.32. The lowest BCUT2D eigenvalue weighted by Crippen LogP contribution is -2.44. The molecule has 5 nitrogen and oxygen atoms in total. The molecule has 4 atom stereocenters. The molecule has 2 aliphatic carbocycles. The number of carboxylic acid groups (broad SMARTS) is 1. The molecule has 0 aromatic heterocycles. The number of carboxylic acids is 1. The third-order valence-corrected chi connectivity index (χ3v) is 4.80. The molecule has 0 aliphatic heterocycles. The Hall–Kier alpha value is -1.17. The minimum atomic E-state index is -0.909. The summed E-state index contributed by atoms with van der Waals surface area (Å²) in [6.45, 7) is 3.86. The van der Waals surface area contributed by atoms with E-state index in [1.54, 1.807) is 6.08 Å². The lowest BCUT2D eigenvalue weighted by Gasteiger charge is -2.45.